The van der Waals surface area contributed by atoms with Crippen molar-refractivity contribution in [2.24, 2.45) is 0 Å². The maximum atomic E-state index is 13.3. The monoisotopic (exact) mass is 1040 g/mol. The van der Waals surface area contributed by atoms with E-state index in [-0.39, 0.29) is 86.8 Å². The first-order chi connectivity index (χ1) is 35.6. The van der Waals surface area contributed by atoms with Crippen LogP contribution in [0.5, 0.6) is 11.5 Å². The Hall–Kier alpha value is -7.61. The number of Topliss-reactive ketones (excluding diaryl/α,β-unsaturated/α-hetero) is 2. The third-order valence-corrected chi connectivity index (χ3v) is 13.6. The van der Waals surface area contributed by atoms with E-state index in [0.29, 0.717) is 98.4 Å². The van der Waals surface area contributed by atoms with E-state index in [4.69, 9.17) is 24.1 Å². The first-order valence-corrected chi connectivity index (χ1v) is 25.5. The number of ketones is 2. The molecule has 2 aliphatic heterocycles. The van der Waals surface area contributed by atoms with Crippen molar-refractivity contribution in [2.45, 2.75) is 96.4 Å². The molecule has 2 aromatic carbocycles. The number of carbonyl (C=O) groups excluding carboxylic acids is 8. The van der Waals surface area contributed by atoms with E-state index in [0.717, 1.165) is 38.1 Å². The summed E-state index contributed by atoms with van der Waals surface area (Å²) in [6.07, 6.45) is 10.8. The molecule has 0 saturated heterocycles. The first kappa shape index (κ1) is 55.7. The number of carboxylic acids is 1. The van der Waals surface area contributed by atoms with E-state index in [9.17, 15) is 43.2 Å². The lowest BCUT2D eigenvalue weighted by Gasteiger charge is -2.17. The van der Waals surface area contributed by atoms with Crippen LogP contribution in [0.15, 0.2) is 89.4 Å². The van der Waals surface area contributed by atoms with Crippen LogP contribution in [-0.2, 0) is 54.3 Å². The molecule has 394 valence electrons. The number of thiophene rings is 1. The van der Waals surface area contributed by atoms with E-state index in [1.54, 1.807) is 54.5 Å². The Morgan fingerprint density at radius 2 is 1.53 bits per heavy atom. The Bertz CT molecular complexity index is 2720. The number of fused-ring (bicyclic) bond motifs is 1. The molecule has 3 aliphatic rings. The number of carboxylic acid groups (broad SMARTS) is 1. The SMILES string of the molecule is COC1=CC2=C(CCC=C1OCCCOc1cc3cc(C(=O)CCC(=O)O)sc3cc1OC)CN(C(=O)CCC(=O)CCc1ccc(NC(=O)[C@H](C)NC(=O)CNC(=O)CCCCCN3C(=O)C=CC3=O)cc1)C2. The van der Waals surface area contributed by atoms with Crippen molar-refractivity contribution in [1.29, 1.82) is 0 Å². The summed E-state index contributed by atoms with van der Waals surface area (Å²) in [5.41, 5.74) is 3.48. The van der Waals surface area contributed by atoms with Gasteiger partial charge in [0.05, 0.1) is 45.3 Å². The zero-order valence-corrected chi connectivity index (χ0v) is 42.7. The molecule has 3 heterocycles. The number of allylic oxidation sites excluding steroid dienone is 1. The van der Waals surface area contributed by atoms with Gasteiger partial charge in [-0.3, -0.25) is 48.1 Å². The van der Waals surface area contributed by atoms with Gasteiger partial charge in [0, 0.05) is 86.8 Å². The fourth-order valence-electron chi connectivity index (χ4n) is 8.32. The number of ether oxygens (including phenoxy) is 4. The average Bonchev–Trinajstić information content (AvgIpc) is 4.08. The standard InChI is InChI=1S/C54H63N5O14S/c1-34(56-49(63)31-55-48(62)11-5-4-6-24-59-51(65)21-22-52(59)66)54(69)57-39-15-12-35(13-16-39)14-17-40(60)18-20-50(64)58-32-36-9-7-10-42(43(70-2)28-38(36)33-58)72-25-8-26-73-45-27-37-29-47(41(61)19-23-53(67)68)74-46(37)30-44(45)71-3/h10,12-13,15-16,21-22,27-30,34H,4-9,11,14,17-20,23-26,31-33H2,1-3H3,(H,55,62)(H,56,63)(H,57,69)(H,67,68)/t34-/m0/s1. The zero-order valence-electron chi connectivity index (χ0n) is 41.9. The number of imide groups is 1. The summed E-state index contributed by atoms with van der Waals surface area (Å²) in [4.78, 5) is 114. The van der Waals surface area contributed by atoms with Gasteiger partial charge in [-0.15, -0.1) is 11.3 Å². The second-order valence-corrected chi connectivity index (χ2v) is 19.1. The minimum absolute atomic E-state index is 0.0380. The highest BCUT2D eigenvalue weighted by atomic mass is 32.1. The van der Waals surface area contributed by atoms with Gasteiger partial charge in [0.25, 0.3) is 11.8 Å². The van der Waals surface area contributed by atoms with Crippen LogP contribution in [0.1, 0.15) is 99.2 Å². The maximum absolute atomic E-state index is 13.3. The second kappa shape index (κ2) is 27.4. The fourth-order valence-corrected chi connectivity index (χ4v) is 9.36. The number of hydrogen-bond donors (Lipinski definition) is 4. The zero-order chi connectivity index (χ0) is 53.1. The number of unbranched alkanes of at least 4 members (excludes halogenated alkanes) is 2. The molecule has 0 unspecified atom stereocenters. The van der Waals surface area contributed by atoms with Crippen LogP contribution >= 0.6 is 11.3 Å². The molecule has 20 heteroatoms. The van der Waals surface area contributed by atoms with Crippen molar-refractivity contribution in [3.05, 3.63) is 99.9 Å². The van der Waals surface area contributed by atoms with Gasteiger partial charge in [-0.2, -0.15) is 0 Å². The van der Waals surface area contributed by atoms with Gasteiger partial charge in [0.2, 0.25) is 23.6 Å². The predicted octanol–water partition coefficient (Wildman–Crippen LogP) is 6.12. The molecule has 74 heavy (non-hydrogen) atoms. The molecule has 0 fully saturated rings. The summed E-state index contributed by atoms with van der Waals surface area (Å²) in [5.74, 6) is -1.22. The topological polar surface area (TPSA) is 253 Å². The second-order valence-electron chi connectivity index (χ2n) is 18.0. The van der Waals surface area contributed by atoms with Gasteiger partial charge < -0.3 is 44.9 Å². The summed E-state index contributed by atoms with van der Waals surface area (Å²) in [6, 6.07) is 11.5. The Morgan fingerprint density at radius 3 is 2.26 bits per heavy atom. The molecule has 3 aromatic rings. The van der Waals surface area contributed by atoms with Crippen LogP contribution < -0.4 is 25.4 Å². The largest absolute Gasteiger partial charge is 0.493 e. The molecular weight excluding hydrogens is 975 g/mol. The highest BCUT2D eigenvalue weighted by Gasteiger charge is 2.28. The molecular formula is C54H63N5O14S. The highest BCUT2D eigenvalue weighted by Crippen LogP contribution is 2.37. The van der Waals surface area contributed by atoms with E-state index < -0.39 is 23.8 Å². The molecule has 6 amide bonds. The van der Waals surface area contributed by atoms with E-state index in [2.05, 4.69) is 16.0 Å². The maximum Gasteiger partial charge on any atom is 0.303 e. The van der Waals surface area contributed by atoms with E-state index in [1.807, 2.05) is 12.2 Å². The minimum atomic E-state index is -1.02. The quantitative estimate of drug-likeness (QED) is 0.0348. The third kappa shape index (κ3) is 16.5. The van der Waals surface area contributed by atoms with Crippen molar-refractivity contribution < 1.29 is 67.2 Å². The van der Waals surface area contributed by atoms with Crippen LogP contribution in [0.3, 0.4) is 0 Å². The molecule has 1 aromatic heterocycles. The lowest BCUT2D eigenvalue weighted by atomic mass is 10.0. The highest BCUT2D eigenvalue weighted by molar-refractivity contribution is 7.20. The number of benzene rings is 2. The summed E-state index contributed by atoms with van der Waals surface area (Å²) >= 11 is 1.28. The number of rotatable bonds is 29. The van der Waals surface area contributed by atoms with Gasteiger partial charge in [-0.1, -0.05) is 18.6 Å². The smallest absolute Gasteiger partial charge is 0.303 e. The van der Waals surface area contributed by atoms with Crippen molar-refractivity contribution in [3.8, 4) is 11.5 Å². The van der Waals surface area contributed by atoms with Crippen LogP contribution in [0.4, 0.5) is 5.69 Å². The molecule has 0 spiro atoms. The molecule has 0 radical (unpaired) electrons. The van der Waals surface area contributed by atoms with Gasteiger partial charge in [-0.25, -0.2) is 0 Å². The average molecular weight is 1040 g/mol. The molecule has 0 saturated carbocycles. The van der Waals surface area contributed by atoms with Crippen molar-refractivity contribution in [3.63, 3.8) is 0 Å². The van der Waals surface area contributed by atoms with Gasteiger partial charge in [0.15, 0.2) is 28.8 Å². The molecule has 1 atom stereocenters. The number of amides is 6. The van der Waals surface area contributed by atoms with Crippen LogP contribution in [0.25, 0.3) is 10.1 Å². The normalized spacial score (nSPS) is 14.6. The molecule has 4 N–H and O–H groups in total. The molecule has 0 bridgehead atoms. The Balaban J connectivity index is 0.845. The summed E-state index contributed by atoms with van der Waals surface area (Å²) < 4.78 is 24.3. The fraction of sp³-hybridized carbons (Fsp3) is 0.426. The Kier molecular flexibility index (Phi) is 20.7. The summed E-state index contributed by atoms with van der Waals surface area (Å²) in [5, 5.41) is 17.6. The number of hydrogen-bond acceptors (Lipinski definition) is 14. The van der Waals surface area contributed by atoms with Crippen molar-refractivity contribution >= 4 is 80.1 Å². The van der Waals surface area contributed by atoms with Gasteiger partial charge in [0.1, 0.15) is 11.8 Å². The number of aryl methyl sites for hydroxylation is 1. The van der Waals surface area contributed by atoms with Crippen molar-refractivity contribution in [2.75, 3.05) is 58.9 Å². The first-order valence-electron chi connectivity index (χ1n) is 24.7. The van der Waals surface area contributed by atoms with E-state index >= 15 is 0 Å². The minimum Gasteiger partial charge on any atom is -0.493 e. The number of aliphatic carboxylic acids is 1. The van der Waals surface area contributed by atoms with Crippen LogP contribution in [-0.4, -0.2) is 128 Å². The number of methoxy groups -OCH3 is 2. The van der Waals surface area contributed by atoms with Crippen molar-refractivity contribution in [1.82, 2.24) is 20.4 Å². The van der Waals surface area contributed by atoms with E-state index in [1.165, 1.54) is 37.5 Å². The molecule has 19 nitrogen and oxygen atoms in total. The summed E-state index contributed by atoms with van der Waals surface area (Å²) in [6.45, 7) is 3.04. The number of nitrogens with one attached hydrogen (secondary N) is 3. The van der Waals surface area contributed by atoms with Crippen LogP contribution in [0, 0.1) is 0 Å². The molecule has 6 rings (SSSR count). The molecule has 1 aliphatic carbocycles. The predicted molar refractivity (Wildman–Crippen MR) is 274 cm³/mol. The number of anilines is 1. The Morgan fingerprint density at radius 1 is 0.770 bits per heavy atom. The van der Waals surface area contributed by atoms with Gasteiger partial charge in [-0.05, 0) is 97.5 Å². The number of nitrogens with zero attached hydrogens (tertiary/aromatic N) is 2. The van der Waals surface area contributed by atoms with Gasteiger partial charge >= 0.3 is 5.97 Å². The lowest BCUT2D eigenvalue weighted by Crippen LogP contribution is -2.45. The number of carbonyl (C=O) groups is 9. The lowest BCUT2D eigenvalue weighted by molar-refractivity contribution is -0.138. The third-order valence-electron chi connectivity index (χ3n) is 12.5. The Labute approximate surface area is 433 Å². The van der Waals surface area contributed by atoms with Crippen LogP contribution in [0.2, 0.25) is 0 Å². The summed E-state index contributed by atoms with van der Waals surface area (Å²) in [7, 11) is 3.11.